The number of sulfonamides is 1. The molecule has 3 N–H and O–H groups in total. The van der Waals surface area contributed by atoms with Crippen molar-refractivity contribution < 1.29 is 28.2 Å². The Hall–Kier alpha value is -1.15. The summed E-state index contributed by atoms with van der Waals surface area (Å²) in [5.41, 5.74) is 0. The van der Waals surface area contributed by atoms with Gasteiger partial charge in [0, 0.05) is 0 Å². The van der Waals surface area contributed by atoms with Crippen LogP contribution >= 0.6 is 0 Å². The molecule has 0 saturated heterocycles. The number of nitrogens with one attached hydrogen (secondary N) is 1. The van der Waals surface area contributed by atoms with Crippen LogP contribution in [0.2, 0.25) is 0 Å². The average Bonchev–Trinajstić information content (AvgIpc) is 2.27. The maximum absolute atomic E-state index is 11.8. The molecule has 1 rings (SSSR count). The molecule has 0 amide bonds. The number of carboxylic acids is 2. The Bertz CT molecular complexity index is 426. The van der Waals surface area contributed by atoms with Crippen molar-refractivity contribution >= 4 is 22.0 Å². The first-order valence-corrected chi connectivity index (χ1v) is 7.90. The largest absolute Gasteiger partial charge is 0.481 e. The minimum atomic E-state index is -3.77. The van der Waals surface area contributed by atoms with Gasteiger partial charge in [-0.3, -0.25) is 9.59 Å². The van der Waals surface area contributed by atoms with Crippen LogP contribution in [-0.2, 0) is 19.6 Å². The van der Waals surface area contributed by atoms with Crippen LogP contribution in [0.15, 0.2) is 0 Å². The van der Waals surface area contributed by atoms with E-state index in [-0.39, 0.29) is 11.7 Å². The summed E-state index contributed by atoms with van der Waals surface area (Å²) < 4.78 is 25.6. The molecule has 8 heteroatoms. The van der Waals surface area contributed by atoms with E-state index in [1.165, 1.54) is 0 Å². The van der Waals surface area contributed by atoms with Crippen LogP contribution in [0.5, 0.6) is 0 Å². The van der Waals surface area contributed by atoms with Gasteiger partial charge >= 0.3 is 11.9 Å². The molecule has 1 atom stereocenters. The predicted molar refractivity (Wildman–Crippen MR) is 67.2 cm³/mol. The van der Waals surface area contributed by atoms with Gasteiger partial charge in [-0.1, -0.05) is 19.3 Å². The SMILES string of the molecule is O=C(O)CC(NS(=O)(=O)CC1CCCCC1)C(=O)O. The first kappa shape index (κ1) is 15.9. The molecule has 0 aliphatic heterocycles. The lowest BCUT2D eigenvalue weighted by Crippen LogP contribution is -2.44. The molecule has 0 aromatic carbocycles. The van der Waals surface area contributed by atoms with Crippen LogP contribution in [0, 0.1) is 5.92 Å². The molecule has 0 heterocycles. The summed E-state index contributed by atoms with van der Waals surface area (Å²) in [6.07, 6.45) is 3.93. The monoisotopic (exact) mass is 293 g/mol. The molecule has 110 valence electrons. The van der Waals surface area contributed by atoms with Crippen molar-refractivity contribution in [2.24, 2.45) is 5.92 Å². The van der Waals surface area contributed by atoms with Crippen molar-refractivity contribution in [1.29, 1.82) is 0 Å². The standard InChI is InChI=1S/C11H19NO6S/c13-10(14)6-9(11(15)16)12-19(17,18)7-8-4-2-1-3-5-8/h8-9,12H,1-7H2,(H,13,14)(H,15,16). The third-order valence-corrected chi connectivity index (χ3v) is 4.73. The first-order valence-electron chi connectivity index (χ1n) is 6.25. The second-order valence-electron chi connectivity index (χ2n) is 4.89. The van der Waals surface area contributed by atoms with Crippen molar-refractivity contribution in [3.05, 3.63) is 0 Å². The van der Waals surface area contributed by atoms with Gasteiger partial charge in [0.25, 0.3) is 0 Å². The van der Waals surface area contributed by atoms with E-state index >= 15 is 0 Å². The van der Waals surface area contributed by atoms with Crippen molar-refractivity contribution in [1.82, 2.24) is 4.72 Å². The number of hydrogen-bond donors (Lipinski definition) is 3. The predicted octanol–water partition coefficient (Wildman–Crippen LogP) is 0.414. The number of carbonyl (C=O) groups is 2. The molecule has 19 heavy (non-hydrogen) atoms. The van der Waals surface area contributed by atoms with Crippen LogP contribution < -0.4 is 4.72 Å². The van der Waals surface area contributed by atoms with Crippen LogP contribution in [0.25, 0.3) is 0 Å². The van der Waals surface area contributed by atoms with E-state index < -0.39 is 34.4 Å². The molecule has 1 aliphatic rings. The molecular weight excluding hydrogens is 274 g/mol. The lowest BCUT2D eigenvalue weighted by molar-refractivity contribution is -0.145. The highest BCUT2D eigenvalue weighted by Gasteiger charge is 2.28. The van der Waals surface area contributed by atoms with E-state index in [0.717, 1.165) is 32.1 Å². The second-order valence-corrected chi connectivity index (χ2v) is 6.69. The smallest absolute Gasteiger partial charge is 0.322 e. The normalized spacial score (nSPS) is 18.9. The Labute approximate surface area is 112 Å². The Morgan fingerprint density at radius 1 is 1.16 bits per heavy atom. The van der Waals surface area contributed by atoms with Gasteiger partial charge in [0.1, 0.15) is 6.04 Å². The zero-order chi connectivity index (χ0) is 14.5. The lowest BCUT2D eigenvalue weighted by Gasteiger charge is -2.22. The van der Waals surface area contributed by atoms with Gasteiger partial charge in [-0.05, 0) is 18.8 Å². The van der Waals surface area contributed by atoms with E-state index in [1.807, 2.05) is 4.72 Å². The molecule has 1 unspecified atom stereocenters. The van der Waals surface area contributed by atoms with E-state index in [1.54, 1.807) is 0 Å². The summed E-state index contributed by atoms with van der Waals surface area (Å²) in [5, 5.41) is 17.4. The molecule has 0 spiro atoms. The Morgan fingerprint density at radius 3 is 2.21 bits per heavy atom. The third kappa shape index (κ3) is 6.02. The van der Waals surface area contributed by atoms with Gasteiger partial charge in [-0.2, -0.15) is 0 Å². The molecule has 0 radical (unpaired) electrons. The zero-order valence-corrected chi connectivity index (χ0v) is 11.4. The highest BCUT2D eigenvalue weighted by atomic mass is 32.2. The van der Waals surface area contributed by atoms with Crippen LogP contribution in [0.3, 0.4) is 0 Å². The van der Waals surface area contributed by atoms with E-state index in [4.69, 9.17) is 10.2 Å². The molecule has 1 fully saturated rings. The van der Waals surface area contributed by atoms with Gasteiger partial charge in [-0.25, -0.2) is 13.1 Å². The summed E-state index contributed by atoms with van der Waals surface area (Å²) in [5.74, 6) is -2.93. The van der Waals surface area contributed by atoms with Crippen molar-refractivity contribution in [2.75, 3.05) is 5.75 Å². The highest BCUT2D eigenvalue weighted by Crippen LogP contribution is 2.24. The van der Waals surface area contributed by atoms with Crippen molar-refractivity contribution in [3.8, 4) is 0 Å². The minimum absolute atomic E-state index is 0.0329. The summed E-state index contributed by atoms with van der Waals surface area (Å²) in [4.78, 5) is 21.3. The number of aliphatic carboxylic acids is 2. The number of hydrogen-bond acceptors (Lipinski definition) is 4. The Kier molecular flexibility index (Phi) is 5.74. The van der Waals surface area contributed by atoms with Gasteiger partial charge < -0.3 is 10.2 Å². The van der Waals surface area contributed by atoms with Crippen LogP contribution in [0.1, 0.15) is 38.5 Å². The van der Waals surface area contributed by atoms with Crippen LogP contribution in [-0.4, -0.2) is 42.4 Å². The average molecular weight is 293 g/mol. The van der Waals surface area contributed by atoms with Crippen molar-refractivity contribution in [3.63, 3.8) is 0 Å². The first-order chi connectivity index (χ1) is 8.80. The second kappa shape index (κ2) is 6.85. The molecule has 0 aromatic heterocycles. The summed E-state index contributed by atoms with van der Waals surface area (Å²) in [7, 11) is -3.77. The fraction of sp³-hybridized carbons (Fsp3) is 0.818. The highest BCUT2D eigenvalue weighted by molar-refractivity contribution is 7.89. The quantitative estimate of drug-likeness (QED) is 0.625. The van der Waals surface area contributed by atoms with Crippen LogP contribution in [0.4, 0.5) is 0 Å². The topological polar surface area (TPSA) is 121 Å². The van der Waals surface area contributed by atoms with Gasteiger partial charge in [0.15, 0.2) is 0 Å². The van der Waals surface area contributed by atoms with E-state index in [9.17, 15) is 18.0 Å². The fourth-order valence-corrected chi connectivity index (χ4v) is 3.95. The maximum atomic E-state index is 11.8. The zero-order valence-electron chi connectivity index (χ0n) is 10.5. The molecule has 0 aromatic rings. The number of carboxylic acid groups (broad SMARTS) is 2. The third-order valence-electron chi connectivity index (χ3n) is 3.18. The van der Waals surface area contributed by atoms with Gasteiger partial charge in [0.05, 0.1) is 12.2 Å². The molecular formula is C11H19NO6S. The summed E-state index contributed by atoms with van der Waals surface area (Å²) in [6.45, 7) is 0. The van der Waals surface area contributed by atoms with E-state index in [0.29, 0.717) is 0 Å². The molecule has 0 bridgehead atoms. The summed E-state index contributed by atoms with van der Waals surface area (Å²) in [6, 6.07) is -1.61. The van der Waals surface area contributed by atoms with Gasteiger partial charge in [-0.15, -0.1) is 0 Å². The fourth-order valence-electron chi connectivity index (χ4n) is 2.28. The molecule has 7 nitrogen and oxygen atoms in total. The molecule has 1 saturated carbocycles. The maximum Gasteiger partial charge on any atom is 0.322 e. The minimum Gasteiger partial charge on any atom is -0.481 e. The van der Waals surface area contributed by atoms with Crippen molar-refractivity contribution in [2.45, 2.75) is 44.6 Å². The Balaban J connectivity index is 2.59. The lowest BCUT2D eigenvalue weighted by atomic mass is 9.91. The number of rotatable bonds is 7. The molecule has 1 aliphatic carbocycles. The van der Waals surface area contributed by atoms with E-state index in [2.05, 4.69) is 0 Å². The van der Waals surface area contributed by atoms with Gasteiger partial charge in [0.2, 0.25) is 10.0 Å². The Morgan fingerprint density at radius 2 is 1.74 bits per heavy atom. The summed E-state index contributed by atoms with van der Waals surface area (Å²) >= 11 is 0.